The highest BCUT2D eigenvalue weighted by Crippen LogP contribution is 2.31. The van der Waals surface area contributed by atoms with Crippen molar-refractivity contribution in [2.45, 2.75) is 24.7 Å². The molecule has 0 bridgehead atoms. The van der Waals surface area contributed by atoms with Crippen LogP contribution in [0.1, 0.15) is 12.1 Å². The van der Waals surface area contributed by atoms with Crippen LogP contribution in [0, 0.1) is 10.1 Å². The fourth-order valence-electron chi connectivity index (χ4n) is 4.57. The second-order valence-corrected chi connectivity index (χ2v) is 10.0. The first-order valence-electron chi connectivity index (χ1n) is 12.1. The normalized spacial score (nSPS) is 22.0. The molecule has 12 nitrogen and oxygen atoms in total. The summed E-state index contributed by atoms with van der Waals surface area (Å²) in [5.74, 6) is 0.615. The molecule has 1 aromatic carbocycles. The SMILES string of the molecule is NC1=NC(N)C(CCNc2nc(-c3ccc(Cl)cc3Cl)cc3nc(CN4CCOCC4)cn23)([N+](=O)[O-])C=C1. The fraction of sp³-hybridized carbons (Fsp3) is 0.375. The number of halogens is 2. The van der Waals surface area contributed by atoms with Gasteiger partial charge in [-0.05, 0) is 30.4 Å². The van der Waals surface area contributed by atoms with Crippen LogP contribution in [0.5, 0.6) is 0 Å². The number of hydrogen-bond donors (Lipinski definition) is 3. The number of dihydropyridines is 1. The second-order valence-electron chi connectivity index (χ2n) is 9.20. The molecule has 38 heavy (non-hydrogen) atoms. The summed E-state index contributed by atoms with van der Waals surface area (Å²) >= 11 is 12.6. The maximum atomic E-state index is 12.0. The van der Waals surface area contributed by atoms with E-state index in [0.717, 1.165) is 18.8 Å². The number of ether oxygens (including phenoxy) is 1. The predicted octanol–water partition coefficient (Wildman–Crippen LogP) is 2.56. The van der Waals surface area contributed by atoms with Crippen LogP contribution in [-0.4, -0.2) is 74.6 Å². The number of anilines is 1. The smallest absolute Gasteiger partial charge is 0.277 e. The topological polar surface area (TPSA) is 162 Å². The third kappa shape index (κ3) is 5.31. The lowest BCUT2D eigenvalue weighted by molar-refractivity contribution is -0.559. The van der Waals surface area contributed by atoms with Gasteiger partial charge in [0.25, 0.3) is 5.54 Å². The van der Waals surface area contributed by atoms with E-state index in [4.69, 9.17) is 49.4 Å². The van der Waals surface area contributed by atoms with Gasteiger partial charge in [0.1, 0.15) is 11.5 Å². The molecule has 1 fully saturated rings. The van der Waals surface area contributed by atoms with E-state index >= 15 is 0 Å². The first-order chi connectivity index (χ1) is 18.2. The number of amidine groups is 1. The Morgan fingerprint density at radius 3 is 2.74 bits per heavy atom. The molecular weight excluding hydrogens is 533 g/mol. The zero-order chi connectivity index (χ0) is 26.9. The van der Waals surface area contributed by atoms with Crippen molar-refractivity contribution in [1.29, 1.82) is 0 Å². The van der Waals surface area contributed by atoms with Crippen LogP contribution in [0.15, 0.2) is 47.6 Å². The predicted molar refractivity (Wildman–Crippen MR) is 146 cm³/mol. The Bertz CT molecular complexity index is 1420. The number of nitrogens with zero attached hydrogens (tertiary/aromatic N) is 6. The Kier molecular flexibility index (Phi) is 7.50. The Labute approximate surface area is 228 Å². The van der Waals surface area contributed by atoms with Crippen molar-refractivity contribution < 1.29 is 9.66 Å². The summed E-state index contributed by atoms with van der Waals surface area (Å²) in [4.78, 5) is 27.5. The summed E-state index contributed by atoms with van der Waals surface area (Å²) in [6.45, 7) is 3.87. The van der Waals surface area contributed by atoms with Crippen molar-refractivity contribution >= 4 is 40.6 Å². The van der Waals surface area contributed by atoms with Gasteiger partial charge in [0, 0.05) is 60.4 Å². The molecule has 0 aliphatic carbocycles. The summed E-state index contributed by atoms with van der Waals surface area (Å²) in [5, 5.41) is 16.2. The minimum atomic E-state index is -1.59. The van der Waals surface area contributed by atoms with Gasteiger partial charge >= 0.3 is 0 Å². The first kappa shape index (κ1) is 26.3. The average molecular weight is 560 g/mol. The largest absolute Gasteiger partial charge is 0.384 e. The molecule has 0 amide bonds. The van der Waals surface area contributed by atoms with Crippen LogP contribution in [0.3, 0.4) is 0 Å². The summed E-state index contributed by atoms with van der Waals surface area (Å²) < 4.78 is 7.27. The maximum absolute atomic E-state index is 12.0. The molecule has 0 radical (unpaired) electrons. The number of imidazole rings is 1. The van der Waals surface area contributed by atoms with Gasteiger partial charge in [-0.1, -0.05) is 23.2 Å². The van der Waals surface area contributed by atoms with E-state index in [9.17, 15) is 10.1 Å². The second kappa shape index (κ2) is 10.8. The minimum absolute atomic E-state index is 0.0544. The number of morpholine rings is 1. The van der Waals surface area contributed by atoms with Crippen molar-refractivity contribution in [3.8, 4) is 11.3 Å². The van der Waals surface area contributed by atoms with E-state index in [1.807, 2.05) is 16.7 Å². The molecular formula is C24H27Cl2N9O3. The molecule has 14 heteroatoms. The number of nitro groups is 1. The third-order valence-electron chi connectivity index (χ3n) is 6.69. The van der Waals surface area contributed by atoms with Crippen LogP contribution in [0.2, 0.25) is 10.0 Å². The monoisotopic (exact) mass is 559 g/mol. The molecule has 4 heterocycles. The number of nitrogens with one attached hydrogen (secondary N) is 1. The van der Waals surface area contributed by atoms with Gasteiger partial charge in [-0.25, -0.2) is 15.0 Å². The standard InChI is InChI=1S/C24H27Cl2N9O3/c25-15-1-2-17(18(26)11-15)19-12-21-30-16(13-33-7-9-38-10-8-33)14-34(21)23(31-19)29-6-5-24(35(36)37)4-3-20(27)32-22(24)28/h1-4,11-12,14,22H,5-10,13,28H2,(H2,27,32)(H,29,31). The number of benzene rings is 1. The number of aliphatic imine (C=N–C) groups is 1. The van der Waals surface area contributed by atoms with Gasteiger partial charge in [-0.3, -0.25) is 19.4 Å². The highest BCUT2D eigenvalue weighted by atomic mass is 35.5. The van der Waals surface area contributed by atoms with Crippen molar-refractivity contribution in [3.05, 3.63) is 68.5 Å². The van der Waals surface area contributed by atoms with Crippen LogP contribution in [0.4, 0.5) is 5.95 Å². The first-order valence-corrected chi connectivity index (χ1v) is 12.8. The molecule has 2 aromatic heterocycles. The quantitative estimate of drug-likeness (QED) is 0.278. The van der Waals surface area contributed by atoms with Gasteiger partial charge in [0.2, 0.25) is 5.95 Å². The lowest BCUT2D eigenvalue weighted by Crippen LogP contribution is -2.54. The lowest BCUT2D eigenvalue weighted by atomic mass is 9.90. The van der Waals surface area contributed by atoms with Crippen LogP contribution in [-0.2, 0) is 11.3 Å². The molecule has 2 aliphatic heterocycles. The third-order valence-corrected chi connectivity index (χ3v) is 7.24. The molecule has 200 valence electrons. The molecule has 0 saturated carbocycles. The Morgan fingerprint density at radius 1 is 1.24 bits per heavy atom. The number of fused-ring (bicyclic) bond motifs is 1. The van der Waals surface area contributed by atoms with Gasteiger partial charge in [0.05, 0.1) is 29.6 Å². The molecule has 1 saturated heterocycles. The van der Waals surface area contributed by atoms with E-state index in [0.29, 0.717) is 52.7 Å². The number of hydrogen-bond acceptors (Lipinski definition) is 10. The van der Waals surface area contributed by atoms with Gasteiger partial charge in [-0.15, -0.1) is 0 Å². The Hall–Kier alpha value is -3.29. The molecule has 5 rings (SSSR count). The summed E-state index contributed by atoms with van der Waals surface area (Å²) in [6, 6.07) is 7.03. The highest BCUT2D eigenvalue weighted by molar-refractivity contribution is 6.36. The van der Waals surface area contributed by atoms with E-state index < -0.39 is 16.6 Å². The van der Waals surface area contributed by atoms with Crippen LogP contribution in [0.25, 0.3) is 16.9 Å². The average Bonchev–Trinajstić information content (AvgIpc) is 3.28. The zero-order valence-corrected chi connectivity index (χ0v) is 21.9. The van der Waals surface area contributed by atoms with Crippen LogP contribution < -0.4 is 16.8 Å². The van der Waals surface area contributed by atoms with E-state index in [1.54, 1.807) is 18.2 Å². The summed E-state index contributed by atoms with van der Waals surface area (Å²) in [5.41, 5.74) is 12.9. The van der Waals surface area contributed by atoms with Gasteiger partial charge < -0.3 is 21.5 Å². The van der Waals surface area contributed by atoms with Gasteiger partial charge in [0.15, 0.2) is 6.17 Å². The lowest BCUT2D eigenvalue weighted by Gasteiger charge is -2.28. The fourth-order valence-corrected chi connectivity index (χ4v) is 5.08. The maximum Gasteiger partial charge on any atom is 0.277 e. The molecule has 3 aromatic rings. The van der Waals surface area contributed by atoms with Gasteiger partial charge in [-0.2, -0.15) is 0 Å². The summed E-state index contributed by atoms with van der Waals surface area (Å²) in [7, 11) is 0. The van der Waals surface area contributed by atoms with E-state index in [2.05, 4.69) is 15.2 Å². The highest BCUT2D eigenvalue weighted by Gasteiger charge is 2.48. The number of rotatable bonds is 8. The van der Waals surface area contributed by atoms with Crippen LogP contribution >= 0.6 is 23.2 Å². The molecule has 2 aliphatic rings. The molecule has 2 unspecified atom stereocenters. The summed E-state index contributed by atoms with van der Waals surface area (Å²) in [6.07, 6.45) is 3.68. The van der Waals surface area contributed by atoms with E-state index in [-0.39, 0.29) is 18.8 Å². The molecule has 5 N–H and O–H groups in total. The van der Waals surface area contributed by atoms with Crippen molar-refractivity contribution in [2.24, 2.45) is 16.5 Å². The van der Waals surface area contributed by atoms with Crippen molar-refractivity contribution in [3.63, 3.8) is 0 Å². The van der Waals surface area contributed by atoms with E-state index in [1.165, 1.54) is 12.2 Å². The molecule has 2 atom stereocenters. The van der Waals surface area contributed by atoms with Crippen molar-refractivity contribution in [2.75, 3.05) is 38.2 Å². The Balaban J connectivity index is 1.46. The minimum Gasteiger partial charge on any atom is -0.384 e. The Morgan fingerprint density at radius 2 is 2.03 bits per heavy atom. The zero-order valence-electron chi connectivity index (χ0n) is 20.4. The van der Waals surface area contributed by atoms with Crippen molar-refractivity contribution in [1.82, 2.24) is 19.3 Å². The number of nitrogens with two attached hydrogens (primary N) is 2. The number of aromatic nitrogens is 3. The molecule has 0 spiro atoms.